The zero-order chi connectivity index (χ0) is 12.1. The third kappa shape index (κ3) is 2.72. The molecule has 0 unspecified atom stereocenters. The van der Waals surface area contributed by atoms with Crippen LogP contribution in [0.5, 0.6) is 0 Å². The standard InChI is InChI=1S/C13H15N3O/c1-2-3-5-8-14-13(17)11-10-16-9-6-4-7-12(16)15-11/h2-4,6-7,9-10H,5,8H2,1H3,(H,14,17)/b3-2+. The number of carbonyl (C=O) groups excluding carboxylic acids is 1. The number of amides is 1. The number of hydrogen-bond donors (Lipinski definition) is 1. The van der Waals surface area contributed by atoms with Gasteiger partial charge in [-0.3, -0.25) is 4.79 Å². The Kier molecular flexibility index (Phi) is 3.55. The van der Waals surface area contributed by atoms with E-state index in [1.54, 1.807) is 6.20 Å². The zero-order valence-corrected chi connectivity index (χ0v) is 9.76. The van der Waals surface area contributed by atoms with E-state index in [2.05, 4.69) is 10.3 Å². The molecule has 0 aliphatic rings. The van der Waals surface area contributed by atoms with Gasteiger partial charge in [0.05, 0.1) is 0 Å². The number of pyridine rings is 1. The first-order valence-electron chi connectivity index (χ1n) is 5.64. The Balaban J connectivity index is 2.03. The first-order valence-corrected chi connectivity index (χ1v) is 5.64. The lowest BCUT2D eigenvalue weighted by Gasteiger charge is -1.99. The van der Waals surface area contributed by atoms with Crippen LogP contribution in [0, 0.1) is 0 Å². The predicted molar refractivity (Wildman–Crippen MR) is 67.0 cm³/mol. The van der Waals surface area contributed by atoms with Crippen LogP contribution in [0.2, 0.25) is 0 Å². The van der Waals surface area contributed by atoms with Crippen molar-refractivity contribution >= 4 is 11.6 Å². The minimum atomic E-state index is -0.127. The Morgan fingerprint density at radius 3 is 3.18 bits per heavy atom. The molecule has 4 nitrogen and oxygen atoms in total. The van der Waals surface area contributed by atoms with Crippen molar-refractivity contribution in [3.63, 3.8) is 0 Å². The van der Waals surface area contributed by atoms with Crippen molar-refractivity contribution in [3.8, 4) is 0 Å². The number of imidazole rings is 1. The van der Waals surface area contributed by atoms with E-state index >= 15 is 0 Å². The minimum Gasteiger partial charge on any atom is -0.350 e. The third-order valence-corrected chi connectivity index (χ3v) is 2.43. The van der Waals surface area contributed by atoms with Gasteiger partial charge in [-0.1, -0.05) is 18.2 Å². The van der Waals surface area contributed by atoms with Gasteiger partial charge in [0.25, 0.3) is 5.91 Å². The Morgan fingerprint density at radius 2 is 2.41 bits per heavy atom. The minimum absolute atomic E-state index is 0.127. The zero-order valence-electron chi connectivity index (χ0n) is 9.76. The van der Waals surface area contributed by atoms with E-state index in [1.807, 2.05) is 47.9 Å². The van der Waals surface area contributed by atoms with Crippen LogP contribution in [-0.2, 0) is 0 Å². The molecule has 0 bridgehead atoms. The fourth-order valence-corrected chi connectivity index (χ4v) is 1.57. The smallest absolute Gasteiger partial charge is 0.271 e. The Bertz CT molecular complexity index is 509. The monoisotopic (exact) mass is 229 g/mol. The van der Waals surface area contributed by atoms with Crippen LogP contribution in [0.3, 0.4) is 0 Å². The summed E-state index contributed by atoms with van der Waals surface area (Å²) in [6.45, 7) is 2.60. The predicted octanol–water partition coefficient (Wildman–Crippen LogP) is 2.03. The van der Waals surface area contributed by atoms with E-state index in [-0.39, 0.29) is 5.91 Å². The van der Waals surface area contributed by atoms with Crippen LogP contribution < -0.4 is 5.32 Å². The van der Waals surface area contributed by atoms with Crippen molar-refractivity contribution in [1.82, 2.24) is 14.7 Å². The summed E-state index contributed by atoms with van der Waals surface area (Å²) in [6, 6.07) is 5.68. The van der Waals surface area contributed by atoms with Crippen LogP contribution in [0.25, 0.3) is 5.65 Å². The van der Waals surface area contributed by atoms with Crippen molar-refractivity contribution < 1.29 is 4.79 Å². The highest BCUT2D eigenvalue weighted by atomic mass is 16.1. The summed E-state index contributed by atoms with van der Waals surface area (Å²) in [6.07, 6.45) is 8.44. The fraction of sp³-hybridized carbons (Fsp3) is 0.231. The number of hydrogen-bond acceptors (Lipinski definition) is 2. The van der Waals surface area contributed by atoms with Crippen LogP contribution in [0.1, 0.15) is 23.8 Å². The maximum atomic E-state index is 11.8. The molecule has 2 aromatic rings. The molecule has 2 aromatic heterocycles. The maximum absolute atomic E-state index is 11.8. The Morgan fingerprint density at radius 1 is 1.53 bits per heavy atom. The molecule has 88 valence electrons. The lowest BCUT2D eigenvalue weighted by molar-refractivity contribution is 0.0950. The molecule has 0 aliphatic heterocycles. The molecule has 2 rings (SSSR count). The maximum Gasteiger partial charge on any atom is 0.271 e. The van der Waals surface area contributed by atoms with Crippen LogP contribution >= 0.6 is 0 Å². The molecule has 0 radical (unpaired) electrons. The van der Waals surface area contributed by atoms with Gasteiger partial charge in [-0.15, -0.1) is 0 Å². The molecule has 0 saturated heterocycles. The first kappa shape index (κ1) is 11.4. The molecule has 0 atom stereocenters. The topological polar surface area (TPSA) is 46.4 Å². The van der Waals surface area contributed by atoms with Crippen molar-refractivity contribution in [1.29, 1.82) is 0 Å². The molecule has 0 saturated carbocycles. The molecule has 0 aromatic carbocycles. The average molecular weight is 229 g/mol. The molecule has 17 heavy (non-hydrogen) atoms. The van der Waals surface area contributed by atoms with E-state index in [1.165, 1.54) is 0 Å². The van der Waals surface area contributed by atoms with Gasteiger partial charge in [-0.25, -0.2) is 4.98 Å². The van der Waals surface area contributed by atoms with Gasteiger partial charge in [0, 0.05) is 18.9 Å². The van der Waals surface area contributed by atoms with Gasteiger partial charge in [0.15, 0.2) is 0 Å². The summed E-state index contributed by atoms with van der Waals surface area (Å²) >= 11 is 0. The summed E-state index contributed by atoms with van der Waals surface area (Å²) in [7, 11) is 0. The van der Waals surface area contributed by atoms with E-state index in [0.29, 0.717) is 12.2 Å². The molecule has 1 N–H and O–H groups in total. The summed E-state index contributed by atoms with van der Waals surface area (Å²) in [5, 5.41) is 2.83. The summed E-state index contributed by atoms with van der Waals surface area (Å²) < 4.78 is 1.83. The number of rotatable bonds is 4. The van der Waals surface area contributed by atoms with E-state index in [9.17, 15) is 4.79 Å². The number of nitrogens with one attached hydrogen (secondary N) is 1. The second kappa shape index (κ2) is 5.30. The van der Waals surface area contributed by atoms with Crippen LogP contribution in [0.4, 0.5) is 0 Å². The Hall–Kier alpha value is -2.10. The summed E-state index contributed by atoms with van der Waals surface area (Å²) in [5.74, 6) is -0.127. The van der Waals surface area contributed by atoms with Crippen LogP contribution in [-0.4, -0.2) is 21.8 Å². The largest absolute Gasteiger partial charge is 0.350 e. The van der Waals surface area contributed by atoms with E-state index in [4.69, 9.17) is 0 Å². The van der Waals surface area contributed by atoms with Crippen LogP contribution in [0.15, 0.2) is 42.7 Å². The molecule has 0 fully saturated rings. The quantitative estimate of drug-likeness (QED) is 0.644. The molecule has 1 amide bonds. The SMILES string of the molecule is C/C=C/CCNC(=O)c1cn2ccccc2n1. The number of fused-ring (bicyclic) bond motifs is 1. The lowest BCUT2D eigenvalue weighted by atomic mass is 10.3. The van der Waals surface area contributed by atoms with Gasteiger partial charge >= 0.3 is 0 Å². The van der Waals surface area contributed by atoms with Gasteiger partial charge < -0.3 is 9.72 Å². The van der Waals surface area contributed by atoms with E-state index < -0.39 is 0 Å². The van der Waals surface area contributed by atoms with E-state index in [0.717, 1.165) is 12.1 Å². The molecule has 0 spiro atoms. The fourth-order valence-electron chi connectivity index (χ4n) is 1.57. The number of carbonyl (C=O) groups is 1. The van der Waals surface area contributed by atoms with Gasteiger partial charge in [0.2, 0.25) is 0 Å². The van der Waals surface area contributed by atoms with Gasteiger partial charge in [-0.2, -0.15) is 0 Å². The van der Waals surface area contributed by atoms with Crippen molar-refractivity contribution in [2.75, 3.05) is 6.54 Å². The highest BCUT2D eigenvalue weighted by Gasteiger charge is 2.08. The first-order chi connectivity index (χ1) is 8.31. The van der Waals surface area contributed by atoms with Crippen molar-refractivity contribution in [2.45, 2.75) is 13.3 Å². The van der Waals surface area contributed by atoms with Crippen molar-refractivity contribution in [3.05, 3.63) is 48.4 Å². The number of allylic oxidation sites excluding steroid dienone is 1. The van der Waals surface area contributed by atoms with Gasteiger partial charge in [0.1, 0.15) is 11.3 Å². The highest BCUT2D eigenvalue weighted by Crippen LogP contribution is 2.04. The van der Waals surface area contributed by atoms with Gasteiger partial charge in [-0.05, 0) is 25.5 Å². The second-order valence-corrected chi connectivity index (χ2v) is 3.71. The average Bonchev–Trinajstić information content (AvgIpc) is 2.78. The lowest BCUT2D eigenvalue weighted by Crippen LogP contribution is -2.24. The molecule has 2 heterocycles. The highest BCUT2D eigenvalue weighted by molar-refractivity contribution is 5.92. The molecular formula is C13H15N3O. The molecule has 0 aliphatic carbocycles. The number of nitrogens with zero attached hydrogens (tertiary/aromatic N) is 2. The van der Waals surface area contributed by atoms with Crippen molar-refractivity contribution in [2.24, 2.45) is 0 Å². The molecule has 4 heteroatoms. The normalized spacial score (nSPS) is 11.1. The summed E-state index contributed by atoms with van der Waals surface area (Å²) in [5.41, 5.74) is 1.24. The second-order valence-electron chi connectivity index (χ2n) is 3.71. The molecular weight excluding hydrogens is 214 g/mol. The summed E-state index contributed by atoms with van der Waals surface area (Å²) in [4.78, 5) is 16.0. The third-order valence-electron chi connectivity index (χ3n) is 2.43. The Labute approximate surface area is 100.0 Å². The number of aromatic nitrogens is 2.